The molecule has 0 unspecified atom stereocenters. The van der Waals surface area contributed by atoms with E-state index in [4.69, 9.17) is 56.9 Å². The normalized spacial score (nSPS) is 13.7. The number of rotatable bonds is 6. The first-order chi connectivity index (χ1) is 18.8. The van der Waals surface area contributed by atoms with Crippen molar-refractivity contribution in [2.45, 2.75) is 0 Å². The molecular formula is C23H15Cl4N4O6S2+. The molecule has 2 N–H and O–H groups in total. The van der Waals surface area contributed by atoms with Crippen molar-refractivity contribution in [1.82, 2.24) is 4.57 Å². The molecule has 202 valence electrons. The van der Waals surface area contributed by atoms with Crippen LogP contribution in [0.25, 0.3) is 17.1 Å². The molecule has 0 saturated carbocycles. The lowest BCUT2D eigenvalue weighted by Gasteiger charge is -2.16. The molecule has 16 heteroatoms. The van der Waals surface area contributed by atoms with Gasteiger partial charge in [0.05, 0.1) is 38.5 Å². The van der Waals surface area contributed by atoms with Crippen LogP contribution in [0.4, 0.5) is 11.4 Å². The average molecular weight is 649 g/mol. The fraction of sp³-hybridized carbons (Fsp3) is 0.0870. The van der Waals surface area contributed by atoms with E-state index in [9.17, 15) is 0 Å². The molecule has 1 aliphatic heterocycles. The Balaban J connectivity index is 1.78. The van der Waals surface area contributed by atoms with Gasteiger partial charge < -0.3 is 4.90 Å². The monoisotopic (exact) mass is 647 g/mol. The molecular weight excluding hydrogens is 634 g/mol. The summed E-state index contributed by atoms with van der Waals surface area (Å²) in [4.78, 5) is 3.55. The maximum Gasteiger partial charge on any atom is 0.295 e. The van der Waals surface area contributed by atoms with Crippen molar-refractivity contribution in [3.8, 4) is 22.6 Å². The highest BCUT2D eigenvalue weighted by molar-refractivity contribution is 7.99. The third-order valence-electron chi connectivity index (χ3n) is 5.40. The highest BCUT2D eigenvalue weighted by Crippen LogP contribution is 2.44. The zero-order valence-corrected chi connectivity index (χ0v) is 24.3. The molecule has 1 aromatic heterocycles. The summed E-state index contributed by atoms with van der Waals surface area (Å²) in [5, 5.41) is 30.7. The summed E-state index contributed by atoms with van der Waals surface area (Å²) < 4.78 is 12.3. The second-order valence-corrected chi connectivity index (χ2v) is 10.1. The number of allylic oxidation sites excluding steroid dienone is 2. The van der Waals surface area contributed by atoms with Crippen LogP contribution in [-0.4, -0.2) is 22.1 Å². The molecule has 0 amide bonds. The Kier molecular flexibility index (Phi) is 10.2. The lowest BCUT2D eigenvalue weighted by Crippen LogP contribution is -2.30. The van der Waals surface area contributed by atoms with E-state index in [1.807, 2.05) is 35.7 Å². The number of anilines is 2. The van der Waals surface area contributed by atoms with Gasteiger partial charge in [-0.2, -0.15) is 0 Å². The summed E-state index contributed by atoms with van der Waals surface area (Å²) in [5.74, 6) is 1.31. The number of benzene rings is 2. The molecule has 2 heterocycles. The van der Waals surface area contributed by atoms with Crippen molar-refractivity contribution in [3.63, 3.8) is 0 Å². The molecule has 3 aromatic rings. The van der Waals surface area contributed by atoms with Gasteiger partial charge in [-0.15, -0.1) is 13.2 Å². The predicted molar refractivity (Wildman–Crippen MR) is 153 cm³/mol. The van der Waals surface area contributed by atoms with E-state index in [0.717, 1.165) is 11.2 Å². The van der Waals surface area contributed by atoms with Gasteiger partial charge in [0.25, 0.3) is 5.82 Å². The smallest absolute Gasteiger partial charge is 0.295 e. The van der Waals surface area contributed by atoms with E-state index in [2.05, 4.69) is 41.3 Å². The fourth-order valence-electron chi connectivity index (χ4n) is 3.76. The van der Waals surface area contributed by atoms with Gasteiger partial charge >= 0.3 is 0 Å². The topological polar surface area (TPSA) is 92.7 Å². The van der Waals surface area contributed by atoms with Crippen LogP contribution in [0.1, 0.15) is 5.82 Å². The summed E-state index contributed by atoms with van der Waals surface area (Å²) in [5.41, 5.74) is 2.89. The summed E-state index contributed by atoms with van der Waals surface area (Å²) in [7, 11) is 3.69. The van der Waals surface area contributed by atoms with Crippen LogP contribution in [0.15, 0.2) is 42.2 Å². The number of fused-ring (bicyclic) bond motifs is 2. The highest BCUT2D eigenvalue weighted by atomic mass is 35.5. The standard InChI is InChI=1S/C23H14Cl4N4O6S2/c1-28-18-10-14(24)16(26)12-20(18)30(6-8-38-36-34-32)22(28)4-3-5-23-29(2)19-11-15(25)17(27)13-21(19)31(23)7-9-39-37-35-33/h3-5,10-13H,1-2H3,(H-,32,33)/p+1. The van der Waals surface area contributed by atoms with Gasteiger partial charge in [0.1, 0.15) is 36.0 Å². The van der Waals surface area contributed by atoms with Crippen LogP contribution in [0, 0.1) is 22.6 Å². The van der Waals surface area contributed by atoms with E-state index >= 15 is 0 Å². The van der Waals surface area contributed by atoms with Crippen molar-refractivity contribution >= 4 is 99.0 Å². The first-order valence-corrected chi connectivity index (χ1v) is 13.4. The number of aryl methyl sites for hydroxylation is 1. The van der Waals surface area contributed by atoms with Gasteiger partial charge in [0, 0.05) is 41.8 Å². The Morgan fingerprint density at radius 3 is 2.13 bits per heavy atom. The molecule has 0 spiro atoms. The number of hydrogen-bond donors (Lipinski definition) is 2. The second kappa shape index (κ2) is 13.4. The maximum absolute atomic E-state index is 8.37. The SMILES string of the molecule is CN1/C(=C\C=C\c2n(C#CSOOO)c3cc(Cl)c(Cl)cc3[n+]2C)N(C#CSOOO)c2cc(Cl)c(Cl)cc21. The van der Waals surface area contributed by atoms with Crippen molar-refractivity contribution in [3.05, 3.63) is 68.2 Å². The fourth-order valence-corrected chi connectivity index (χ4v) is 4.78. The molecule has 2 aromatic carbocycles. The number of imidazole rings is 1. The summed E-state index contributed by atoms with van der Waals surface area (Å²) in [6.07, 6.45) is 5.43. The van der Waals surface area contributed by atoms with Gasteiger partial charge in [0.2, 0.25) is 0 Å². The molecule has 0 radical (unpaired) electrons. The van der Waals surface area contributed by atoms with Crippen LogP contribution < -0.4 is 14.4 Å². The number of aromatic nitrogens is 2. The molecule has 1 aliphatic rings. The molecule has 4 rings (SSSR count). The molecule has 0 fully saturated rings. The number of nitrogens with zero attached hydrogens (tertiary/aromatic N) is 4. The van der Waals surface area contributed by atoms with Crippen LogP contribution in [0.2, 0.25) is 20.1 Å². The Hall–Kier alpha value is -2.27. The zero-order chi connectivity index (χ0) is 28.1. The lowest BCUT2D eigenvalue weighted by molar-refractivity contribution is -0.647. The van der Waals surface area contributed by atoms with Crippen molar-refractivity contribution in [2.75, 3.05) is 16.8 Å². The molecule has 0 bridgehead atoms. The molecule has 0 saturated heterocycles. The van der Waals surface area contributed by atoms with E-state index in [1.165, 1.54) is 0 Å². The van der Waals surface area contributed by atoms with Crippen LogP contribution in [0.3, 0.4) is 0 Å². The van der Waals surface area contributed by atoms with Gasteiger partial charge in [-0.1, -0.05) is 62.6 Å². The van der Waals surface area contributed by atoms with Crippen molar-refractivity contribution in [1.29, 1.82) is 0 Å². The van der Waals surface area contributed by atoms with E-state index in [0.29, 0.717) is 67.0 Å². The quantitative estimate of drug-likeness (QED) is 0.0750. The van der Waals surface area contributed by atoms with E-state index < -0.39 is 0 Å². The number of halogens is 4. The van der Waals surface area contributed by atoms with Crippen LogP contribution in [-0.2, 0) is 25.8 Å². The van der Waals surface area contributed by atoms with Gasteiger partial charge in [-0.25, -0.2) is 15.1 Å². The summed E-state index contributed by atoms with van der Waals surface area (Å²) in [6.45, 7) is 0. The summed E-state index contributed by atoms with van der Waals surface area (Å²) >= 11 is 26.2. The zero-order valence-electron chi connectivity index (χ0n) is 19.7. The Morgan fingerprint density at radius 2 is 1.46 bits per heavy atom. The molecule has 0 atom stereocenters. The molecule has 39 heavy (non-hydrogen) atoms. The van der Waals surface area contributed by atoms with Gasteiger partial charge in [-0.3, -0.25) is 4.90 Å². The Labute approximate surface area is 250 Å². The van der Waals surface area contributed by atoms with Gasteiger partial charge in [0.15, 0.2) is 11.0 Å². The van der Waals surface area contributed by atoms with Gasteiger partial charge in [-0.05, 0) is 18.2 Å². The average Bonchev–Trinajstić information content (AvgIpc) is 3.30. The van der Waals surface area contributed by atoms with E-state index in [-0.39, 0.29) is 0 Å². The Bertz CT molecular complexity index is 1610. The highest BCUT2D eigenvalue weighted by Gasteiger charge is 2.29. The molecule has 10 nitrogen and oxygen atoms in total. The van der Waals surface area contributed by atoms with Crippen molar-refractivity contribution < 1.29 is 33.8 Å². The Morgan fingerprint density at radius 1 is 0.872 bits per heavy atom. The van der Waals surface area contributed by atoms with Crippen LogP contribution in [0.5, 0.6) is 0 Å². The minimum atomic E-state index is 0.357. The largest absolute Gasteiger partial charge is 0.328 e. The second-order valence-electron chi connectivity index (χ2n) is 7.42. The first-order valence-electron chi connectivity index (χ1n) is 10.4. The third kappa shape index (κ3) is 6.39. The summed E-state index contributed by atoms with van der Waals surface area (Å²) in [6, 6.07) is 12.7. The maximum atomic E-state index is 8.37. The predicted octanol–water partition coefficient (Wildman–Crippen LogP) is 6.71. The minimum absolute atomic E-state index is 0.357. The number of hydrogen-bond acceptors (Lipinski definition) is 10. The first kappa shape index (κ1) is 29.7. The minimum Gasteiger partial charge on any atom is -0.328 e. The third-order valence-corrected chi connectivity index (χ3v) is 7.45. The molecule has 0 aliphatic carbocycles. The van der Waals surface area contributed by atoms with Crippen molar-refractivity contribution in [2.24, 2.45) is 7.05 Å². The van der Waals surface area contributed by atoms with E-state index in [1.54, 1.807) is 39.8 Å². The lowest BCUT2D eigenvalue weighted by atomic mass is 10.2. The van der Waals surface area contributed by atoms with Crippen LogP contribution >= 0.6 is 70.5 Å².